The van der Waals surface area contributed by atoms with Gasteiger partial charge in [0.25, 0.3) is 17.7 Å². The average Bonchev–Trinajstić information content (AvgIpc) is 3.77. The molecule has 0 bridgehead atoms. The molecule has 8 rings (SSSR count). The summed E-state index contributed by atoms with van der Waals surface area (Å²) in [5.41, 5.74) is 4.09. The number of para-hydroxylation sites is 1. The molecule has 5 amide bonds. The number of benzene rings is 4. The van der Waals surface area contributed by atoms with Gasteiger partial charge in [0.15, 0.2) is 6.61 Å². The number of hydrogen-bond acceptors (Lipinski definition) is 13. The minimum Gasteiger partial charge on any atom is -0.491 e. The number of amides is 5. The first kappa shape index (κ1) is 47.3. The quantitative estimate of drug-likeness (QED) is 0.0815. The highest BCUT2D eigenvalue weighted by Gasteiger charge is 2.46. The Labute approximate surface area is 391 Å². The van der Waals surface area contributed by atoms with Gasteiger partial charge in [-0.05, 0) is 91.8 Å². The van der Waals surface area contributed by atoms with Gasteiger partial charge in [-0.25, -0.2) is 13.1 Å². The second-order valence-corrected chi connectivity index (χ2v) is 19.0. The van der Waals surface area contributed by atoms with Crippen molar-refractivity contribution in [2.24, 2.45) is 7.05 Å². The van der Waals surface area contributed by atoms with Crippen LogP contribution < -0.4 is 24.8 Å². The number of imide groups is 2. The molecule has 3 aliphatic rings. The summed E-state index contributed by atoms with van der Waals surface area (Å²) in [6, 6.07) is 19.1. The lowest BCUT2D eigenvalue weighted by molar-refractivity contribution is -0.138. The van der Waals surface area contributed by atoms with Crippen LogP contribution in [-0.2, 0) is 42.8 Å². The maximum Gasteiger partial charge on any atom is 0.304 e. The number of sulfonamides is 1. The van der Waals surface area contributed by atoms with Gasteiger partial charge in [-0.1, -0.05) is 54.5 Å². The predicted octanol–water partition coefficient (Wildman–Crippen LogP) is 4.39. The standard InChI is InChI=1S/C48H51N7O12S/c1-28-15-16-30(21-32(28)26-54-25-29(2)67-37-12-6-7-14-40(37)68(54,63)64)34(24-43(58)59)31-22-35-45(53(3)52-51-35)39(23-31)65-20-9-5-4-8-19-49-42(57)27-66-38-13-10-11-33-44(38)48(62)55(47(33)61)36-17-18-41(56)50-46(36)60/h6-7,10-16,21-23,29,34,36H,4-5,8-9,17-20,24-27H2,1-3H3,(H,49,57)(H,58,59)(H,50,56,60)/t29-,34?,36?/m1/s1. The molecule has 68 heavy (non-hydrogen) atoms. The number of aryl methyl sites for hydroxylation is 2. The molecular weight excluding hydrogens is 899 g/mol. The number of piperidine rings is 1. The van der Waals surface area contributed by atoms with Crippen molar-refractivity contribution in [1.29, 1.82) is 0 Å². The lowest BCUT2D eigenvalue weighted by Crippen LogP contribution is -2.54. The van der Waals surface area contributed by atoms with Gasteiger partial charge in [0.1, 0.15) is 45.3 Å². The first-order chi connectivity index (χ1) is 32.6. The lowest BCUT2D eigenvalue weighted by atomic mass is 9.86. The fourth-order valence-corrected chi connectivity index (χ4v) is 10.4. The molecule has 4 aromatic carbocycles. The molecule has 0 radical (unpaired) electrons. The number of carbonyl (C=O) groups excluding carboxylic acids is 5. The van der Waals surface area contributed by atoms with Gasteiger partial charge in [-0.15, -0.1) is 5.10 Å². The number of rotatable bonds is 18. The molecule has 356 valence electrons. The zero-order chi connectivity index (χ0) is 48.3. The molecule has 0 aliphatic carbocycles. The maximum atomic E-state index is 13.9. The number of nitrogens with zero attached hydrogens (tertiary/aromatic N) is 5. The highest BCUT2D eigenvalue weighted by atomic mass is 32.2. The Balaban J connectivity index is 0.854. The van der Waals surface area contributed by atoms with E-state index in [4.69, 9.17) is 14.2 Å². The number of carboxylic acids is 1. The van der Waals surface area contributed by atoms with E-state index in [9.17, 15) is 42.3 Å². The van der Waals surface area contributed by atoms with E-state index in [0.29, 0.717) is 59.7 Å². The molecular formula is C48H51N7O12S. The number of carboxylic acid groups (broad SMARTS) is 1. The second-order valence-electron chi connectivity index (χ2n) is 17.1. The van der Waals surface area contributed by atoms with Crippen LogP contribution in [0, 0.1) is 6.92 Å². The molecule has 2 unspecified atom stereocenters. The first-order valence-corrected chi connectivity index (χ1v) is 23.8. The molecule has 20 heteroatoms. The molecule has 19 nitrogen and oxygen atoms in total. The number of nitrogens with one attached hydrogen (secondary N) is 2. The maximum absolute atomic E-state index is 13.9. The number of hydrogen-bond donors (Lipinski definition) is 3. The molecule has 3 aliphatic heterocycles. The van der Waals surface area contributed by atoms with Crippen LogP contribution in [0.5, 0.6) is 17.2 Å². The largest absolute Gasteiger partial charge is 0.491 e. The third-order valence-corrected chi connectivity index (χ3v) is 14.1. The Kier molecular flexibility index (Phi) is 13.9. The molecule has 3 N–H and O–H groups in total. The van der Waals surface area contributed by atoms with E-state index < -0.39 is 70.2 Å². The van der Waals surface area contributed by atoms with Crippen molar-refractivity contribution < 1.29 is 56.5 Å². The third kappa shape index (κ3) is 9.91. The topological polar surface area (TPSA) is 246 Å². The number of fused-ring (bicyclic) bond motifs is 3. The van der Waals surface area contributed by atoms with Gasteiger partial charge in [-0.3, -0.25) is 39.0 Å². The molecule has 5 aromatic rings. The van der Waals surface area contributed by atoms with E-state index in [1.165, 1.54) is 28.6 Å². The van der Waals surface area contributed by atoms with E-state index in [2.05, 4.69) is 20.9 Å². The highest BCUT2D eigenvalue weighted by Crippen LogP contribution is 2.38. The predicted molar refractivity (Wildman–Crippen MR) is 243 cm³/mol. The number of aromatic nitrogens is 3. The van der Waals surface area contributed by atoms with Gasteiger partial charge in [-0.2, -0.15) is 4.31 Å². The fraction of sp³-hybridized carbons (Fsp3) is 0.375. The Hall–Kier alpha value is -7.19. The normalized spacial score (nSPS) is 18.3. The molecule has 1 saturated heterocycles. The van der Waals surface area contributed by atoms with Gasteiger partial charge in [0.2, 0.25) is 21.8 Å². The summed E-state index contributed by atoms with van der Waals surface area (Å²) in [6.45, 7) is 4.18. The van der Waals surface area contributed by atoms with Crippen molar-refractivity contribution in [3.63, 3.8) is 0 Å². The van der Waals surface area contributed by atoms with Gasteiger partial charge in [0.05, 0.1) is 30.7 Å². The SMILES string of the molecule is Cc1ccc(C(CC(=O)O)c2cc(OCCCCCCNC(=O)COc3cccc4c3C(=O)N(C3CCC(=O)NC3=O)C4=O)c3c(c2)nnn3C)cc1CN1C[C@@H](C)Oc2ccccc2S1(=O)=O. The summed E-state index contributed by atoms with van der Waals surface area (Å²) >= 11 is 0. The van der Waals surface area contributed by atoms with Crippen LogP contribution in [0.25, 0.3) is 11.0 Å². The Morgan fingerprint density at radius 3 is 2.53 bits per heavy atom. The molecule has 0 saturated carbocycles. The Morgan fingerprint density at radius 2 is 1.74 bits per heavy atom. The summed E-state index contributed by atoms with van der Waals surface area (Å²) in [5, 5.41) is 23.6. The minimum atomic E-state index is -3.92. The van der Waals surface area contributed by atoms with Crippen molar-refractivity contribution in [3.05, 3.63) is 106 Å². The highest BCUT2D eigenvalue weighted by molar-refractivity contribution is 7.89. The second kappa shape index (κ2) is 20.0. The smallest absolute Gasteiger partial charge is 0.304 e. The summed E-state index contributed by atoms with van der Waals surface area (Å²) in [6.07, 6.45) is 2.21. The number of aliphatic carboxylic acids is 1. The summed E-state index contributed by atoms with van der Waals surface area (Å²) < 4.78 is 48.7. The zero-order valence-corrected chi connectivity index (χ0v) is 38.5. The first-order valence-electron chi connectivity index (χ1n) is 22.4. The average molecular weight is 950 g/mol. The van der Waals surface area contributed by atoms with Crippen molar-refractivity contribution in [1.82, 2.24) is 34.8 Å². The van der Waals surface area contributed by atoms with Crippen LogP contribution in [0.1, 0.15) is 101 Å². The van der Waals surface area contributed by atoms with E-state index in [1.807, 2.05) is 38.1 Å². The van der Waals surface area contributed by atoms with Crippen LogP contribution in [-0.4, -0.2) is 112 Å². The summed E-state index contributed by atoms with van der Waals surface area (Å²) in [4.78, 5) is 76.5. The third-order valence-electron chi connectivity index (χ3n) is 12.3. The van der Waals surface area contributed by atoms with Crippen LogP contribution in [0.3, 0.4) is 0 Å². The number of unbranched alkanes of at least 4 members (excludes halogenated alkanes) is 3. The van der Waals surface area contributed by atoms with Crippen LogP contribution in [0.2, 0.25) is 0 Å². The Morgan fingerprint density at radius 1 is 0.941 bits per heavy atom. The molecule has 0 spiro atoms. The van der Waals surface area contributed by atoms with Crippen LogP contribution in [0.4, 0.5) is 0 Å². The number of ether oxygens (including phenoxy) is 3. The zero-order valence-electron chi connectivity index (χ0n) is 37.7. The summed E-state index contributed by atoms with van der Waals surface area (Å²) in [7, 11) is -2.17. The van der Waals surface area contributed by atoms with E-state index in [1.54, 1.807) is 36.0 Å². The van der Waals surface area contributed by atoms with Crippen molar-refractivity contribution >= 4 is 56.6 Å². The fourth-order valence-electron chi connectivity index (χ4n) is 8.84. The number of carbonyl (C=O) groups is 6. The van der Waals surface area contributed by atoms with E-state index >= 15 is 0 Å². The van der Waals surface area contributed by atoms with Crippen molar-refractivity contribution in [3.8, 4) is 17.2 Å². The lowest BCUT2D eigenvalue weighted by Gasteiger charge is -2.27. The van der Waals surface area contributed by atoms with Gasteiger partial charge >= 0.3 is 5.97 Å². The molecule has 1 fully saturated rings. The summed E-state index contributed by atoms with van der Waals surface area (Å²) in [5.74, 6) is -3.86. The monoisotopic (exact) mass is 949 g/mol. The van der Waals surface area contributed by atoms with Crippen molar-refractivity contribution in [2.75, 3.05) is 26.3 Å². The van der Waals surface area contributed by atoms with Crippen LogP contribution >= 0.6 is 0 Å². The van der Waals surface area contributed by atoms with E-state index in [-0.39, 0.29) is 54.1 Å². The molecule has 3 atom stereocenters. The van der Waals surface area contributed by atoms with Crippen LogP contribution in [0.15, 0.2) is 77.7 Å². The van der Waals surface area contributed by atoms with Gasteiger partial charge < -0.3 is 24.6 Å². The van der Waals surface area contributed by atoms with Gasteiger partial charge in [0, 0.05) is 32.5 Å². The molecule has 4 heterocycles. The Bertz CT molecular complexity index is 2940. The molecule has 1 aromatic heterocycles. The van der Waals surface area contributed by atoms with E-state index in [0.717, 1.165) is 28.9 Å². The van der Waals surface area contributed by atoms with Crippen molar-refractivity contribution in [2.45, 2.75) is 88.3 Å². The minimum absolute atomic E-state index is 0.00757.